The normalized spacial score (nSPS) is 11.3. The van der Waals surface area contributed by atoms with Crippen molar-refractivity contribution in [1.29, 1.82) is 0 Å². The van der Waals surface area contributed by atoms with Crippen LogP contribution in [0.5, 0.6) is 0 Å². The minimum Gasteiger partial charge on any atom is -0.208 e. The molecule has 0 saturated heterocycles. The Morgan fingerprint density at radius 3 is 1.06 bits per heavy atom. The van der Waals surface area contributed by atoms with Crippen molar-refractivity contribution in [2.24, 2.45) is 0 Å². The number of halogens is 11. The Morgan fingerprint density at radius 1 is 0.394 bits per heavy atom. The second-order valence-corrected chi connectivity index (χ2v) is 9.81. The molecule has 0 nitrogen and oxygen atoms in total. The minimum absolute atomic E-state index is 0.134. The van der Waals surface area contributed by atoms with Crippen molar-refractivity contribution in [2.75, 3.05) is 0 Å². The molecule has 0 amide bonds. The van der Waals surface area contributed by atoms with E-state index in [1.54, 1.807) is 0 Å². The minimum atomic E-state index is -4.99. The summed E-state index contributed by atoms with van der Waals surface area (Å²) in [4.78, 5) is 0. The first-order valence-electron chi connectivity index (χ1n) is 9.02. The molecule has 3 aromatic carbocycles. The summed E-state index contributed by atoms with van der Waals surface area (Å²) in [6.45, 7) is 1.89. The molecule has 0 aromatic heterocycles. The third-order valence-electron chi connectivity index (χ3n) is 5.35. The van der Waals surface area contributed by atoms with Gasteiger partial charge < -0.3 is 0 Å². The van der Waals surface area contributed by atoms with Crippen LogP contribution in [0.3, 0.4) is 0 Å². The van der Waals surface area contributed by atoms with E-state index in [2.05, 4.69) is 0 Å². The molecule has 0 radical (unpaired) electrons. The highest BCUT2D eigenvalue weighted by atomic mass is 27.2. The van der Waals surface area contributed by atoms with E-state index in [1.165, 1.54) is 0 Å². The Kier molecular flexibility index (Phi) is 6.57. The first-order chi connectivity index (χ1) is 15.2. The lowest BCUT2D eigenvalue weighted by atomic mass is 10.2. The van der Waals surface area contributed by atoms with Crippen LogP contribution in [-0.4, -0.2) is 14.1 Å². The van der Waals surface area contributed by atoms with Gasteiger partial charge in [0.2, 0.25) is 0 Å². The van der Waals surface area contributed by atoms with Gasteiger partial charge in [0.1, 0.15) is 29.1 Å². The predicted molar refractivity (Wildman–Crippen MR) is 97.7 cm³/mol. The molecule has 0 atom stereocenters. The molecule has 0 saturated carbocycles. The maximum atomic E-state index is 14.8. The fourth-order valence-corrected chi connectivity index (χ4v) is 6.85. The van der Waals surface area contributed by atoms with Crippen molar-refractivity contribution >= 4 is 27.4 Å². The zero-order valence-electron chi connectivity index (χ0n) is 16.8. The first-order valence-corrected chi connectivity index (χ1v) is 10.8. The van der Waals surface area contributed by atoms with Crippen LogP contribution in [0.1, 0.15) is 16.7 Å². The molecule has 0 aliphatic rings. The summed E-state index contributed by atoms with van der Waals surface area (Å²) in [6.07, 6.45) is 0. The molecule has 12 heteroatoms. The highest BCUT2D eigenvalue weighted by Crippen LogP contribution is 2.23. The lowest BCUT2D eigenvalue weighted by Crippen LogP contribution is -2.60. The molecule has 33 heavy (non-hydrogen) atoms. The van der Waals surface area contributed by atoms with Gasteiger partial charge in [-0.15, -0.1) is 0 Å². The molecular weight excluding hydrogens is 488 g/mol. The van der Waals surface area contributed by atoms with Crippen LogP contribution >= 0.6 is 0 Å². The molecule has 3 rings (SSSR count). The molecule has 3 aromatic rings. The van der Waals surface area contributed by atoms with Crippen molar-refractivity contribution < 1.29 is 48.3 Å². The van der Waals surface area contributed by atoms with Crippen LogP contribution in [0.2, 0.25) is 0 Å². The highest BCUT2D eigenvalue weighted by Gasteiger charge is 2.44. The second kappa shape index (κ2) is 8.65. The van der Waals surface area contributed by atoms with Gasteiger partial charge in [0.15, 0.2) is 34.9 Å². The van der Waals surface area contributed by atoms with E-state index in [4.69, 9.17) is 0 Å². The summed E-state index contributed by atoms with van der Waals surface area (Å²) in [5.74, 6) is -22.5. The third-order valence-corrected chi connectivity index (χ3v) is 8.81. The monoisotopic (exact) mass is 498 g/mol. The smallest absolute Gasteiger partial charge is 0.208 e. The van der Waals surface area contributed by atoms with Gasteiger partial charge in [-0.1, -0.05) is 4.43 Å². The average Bonchev–Trinajstić information content (AvgIpc) is 2.77. The Hall–Kier alpha value is -2.58. The number of hydrogen-bond acceptors (Lipinski definition) is 0. The van der Waals surface area contributed by atoms with E-state index in [0.29, 0.717) is 20.8 Å². The summed E-state index contributed by atoms with van der Waals surface area (Å²) in [5.41, 5.74) is -3.44. The van der Waals surface area contributed by atoms with Gasteiger partial charge in [-0.25, -0.2) is 48.3 Å². The van der Waals surface area contributed by atoms with E-state index < -0.39 is 108 Å². The van der Waals surface area contributed by atoms with Crippen molar-refractivity contribution in [3.8, 4) is 0 Å². The SMILES string of the molecule is Cc1c(F)c(F)[c]([Al]([c]2c(F)cc(F)c(F)c2C)[c]2c(F)c(F)c(C)c(F)c2F)c(F)c1F. The first kappa shape index (κ1) is 25.1. The summed E-state index contributed by atoms with van der Waals surface area (Å²) < 4.78 is 154. The maximum absolute atomic E-state index is 14.8. The van der Waals surface area contributed by atoms with E-state index in [1.807, 2.05) is 0 Å². The predicted octanol–water partition coefficient (Wildman–Crippen LogP) is 4.66. The van der Waals surface area contributed by atoms with Gasteiger partial charge in [0.05, 0.1) is 0 Å². The van der Waals surface area contributed by atoms with Crippen molar-refractivity contribution in [1.82, 2.24) is 0 Å². The molecule has 0 fully saturated rings. The summed E-state index contributed by atoms with van der Waals surface area (Å²) in [5, 5.41) is 0. The van der Waals surface area contributed by atoms with Gasteiger partial charge in [0, 0.05) is 17.2 Å². The van der Waals surface area contributed by atoms with Gasteiger partial charge in [-0.3, -0.25) is 0 Å². The molecule has 0 heterocycles. The van der Waals surface area contributed by atoms with Crippen molar-refractivity contribution in [2.45, 2.75) is 20.8 Å². The van der Waals surface area contributed by atoms with Gasteiger partial charge in [0.25, 0.3) is 0 Å². The molecule has 0 aliphatic heterocycles. The zero-order chi connectivity index (χ0) is 25.1. The highest BCUT2D eigenvalue weighted by molar-refractivity contribution is 6.96. The topological polar surface area (TPSA) is 0 Å². The van der Waals surface area contributed by atoms with Crippen molar-refractivity contribution in [3.63, 3.8) is 0 Å². The van der Waals surface area contributed by atoms with Crippen LogP contribution < -0.4 is 13.3 Å². The summed E-state index contributed by atoms with van der Waals surface area (Å²) >= 11 is -4.99. The van der Waals surface area contributed by atoms with Crippen LogP contribution in [-0.2, 0) is 0 Å². The average molecular weight is 498 g/mol. The van der Waals surface area contributed by atoms with E-state index >= 15 is 0 Å². The number of benzene rings is 3. The largest absolute Gasteiger partial charge is 0.408 e. The van der Waals surface area contributed by atoms with E-state index in [-0.39, 0.29) is 6.07 Å². The number of rotatable bonds is 3. The second-order valence-electron chi connectivity index (χ2n) is 7.22. The Labute approximate surface area is 183 Å². The van der Waals surface area contributed by atoms with Gasteiger partial charge >= 0.3 is 14.1 Å². The fourth-order valence-electron chi connectivity index (χ4n) is 3.54. The lowest BCUT2D eigenvalue weighted by Gasteiger charge is -2.22. The zero-order valence-corrected chi connectivity index (χ0v) is 18.0. The molecule has 0 unspecified atom stereocenters. The summed E-state index contributed by atoms with van der Waals surface area (Å²) in [6, 6.07) is -0.134. The van der Waals surface area contributed by atoms with Crippen molar-refractivity contribution in [3.05, 3.63) is 86.7 Å². The molecule has 0 N–H and O–H groups in total. The van der Waals surface area contributed by atoms with E-state index in [0.717, 1.165) is 0 Å². The third kappa shape index (κ3) is 3.69. The standard InChI is InChI=1S/2C7H3F4.C7H4F3.Al/c2*1-3-6(10)4(8)2-5(9)7(3)11;1-4-2-5(8)3-6(9)7(4)10;/h2*1H3;3H,1H3;. The Morgan fingerprint density at radius 2 is 0.727 bits per heavy atom. The van der Waals surface area contributed by atoms with Crippen LogP contribution in [0, 0.1) is 84.8 Å². The van der Waals surface area contributed by atoms with Gasteiger partial charge in [-0.2, -0.15) is 0 Å². The molecule has 0 spiro atoms. The van der Waals surface area contributed by atoms with Gasteiger partial charge in [-0.05, 0) is 35.2 Å². The molecule has 174 valence electrons. The fraction of sp³-hybridized carbons (Fsp3) is 0.143. The number of hydrogen-bond donors (Lipinski definition) is 0. The Bertz CT molecular complexity index is 1190. The summed E-state index contributed by atoms with van der Waals surface area (Å²) in [7, 11) is 0. The molecule has 0 aliphatic carbocycles. The van der Waals surface area contributed by atoms with E-state index in [9.17, 15) is 48.3 Å². The van der Waals surface area contributed by atoms with Crippen LogP contribution in [0.4, 0.5) is 48.3 Å². The quantitative estimate of drug-likeness (QED) is 0.280. The van der Waals surface area contributed by atoms with Crippen LogP contribution in [0.15, 0.2) is 6.07 Å². The van der Waals surface area contributed by atoms with Crippen LogP contribution in [0.25, 0.3) is 0 Å². The Balaban J connectivity index is 2.64. The maximum Gasteiger partial charge on any atom is 0.408 e. The molecule has 0 bridgehead atoms. The lowest BCUT2D eigenvalue weighted by molar-refractivity contribution is 0.450. The molecular formula is C21H10AlF11.